The van der Waals surface area contributed by atoms with Crippen molar-refractivity contribution in [2.75, 3.05) is 26.2 Å². The van der Waals surface area contributed by atoms with Gasteiger partial charge in [0, 0.05) is 32.1 Å². The number of allylic oxidation sites excluding steroid dienone is 2. The largest absolute Gasteiger partial charge is 0.340 e. The smallest absolute Gasteiger partial charge is 0.226 e. The maximum Gasteiger partial charge on any atom is 0.226 e. The molecule has 1 N–H and O–H groups in total. The van der Waals surface area contributed by atoms with Crippen LogP contribution in [0.5, 0.6) is 0 Å². The Morgan fingerprint density at radius 1 is 1.47 bits per heavy atom. The number of nitrogens with zero attached hydrogens (tertiary/aromatic N) is 1. The summed E-state index contributed by atoms with van der Waals surface area (Å²) in [4.78, 5) is 14.2. The van der Waals surface area contributed by atoms with Crippen LogP contribution in [-0.2, 0) is 4.79 Å². The fraction of sp³-hybridized carbons (Fsp3) is 0.750. The summed E-state index contributed by atoms with van der Waals surface area (Å²) in [7, 11) is 0. The maximum atomic E-state index is 12.1. The Bertz CT molecular complexity index is 267. The van der Waals surface area contributed by atoms with Crippen molar-refractivity contribution in [3.63, 3.8) is 0 Å². The van der Waals surface area contributed by atoms with Gasteiger partial charge in [-0.1, -0.05) is 11.6 Å². The van der Waals surface area contributed by atoms with Gasteiger partial charge in [0.2, 0.25) is 5.91 Å². The van der Waals surface area contributed by atoms with Crippen molar-refractivity contribution in [1.82, 2.24) is 10.2 Å². The molecular weight excluding hydrogens is 188 g/mol. The van der Waals surface area contributed by atoms with Crippen molar-refractivity contribution in [1.29, 1.82) is 0 Å². The quantitative estimate of drug-likeness (QED) is 0.656. The Morgan fingerprint density at radius 2 is 2.20 bits per heavy atom. The van der Waals surface area contributed by atoms with Crippen LogP contribution in [0.25, 0.3) is 0 Å². The third-order valence-electron chi connectivity index (χ3n) is 3.42. The molecule has 0 radical (unpaired) electrons. The lowest BCUT2D eigenvalue weighted by Crippen LogP contribution is -2.48. The summed E-state index contributed by atoms with van der Waals surface area (Å²) < 4.78 is 0. The van der Waals surface area contributed by atoms with E-state index in [1.54, 1.807) is 0 Å². The summed E-state index contributed by atoms with van der Waals surface area (Å²) in [5.41, 5.74) is 1.44. The summed E-state index contributed by atoms with van der Waals surface area (Å²) in [5, 5.41) is 3.27. The summed E-state index contributed by atoms with van der Waals surface area (Å²) in [6.07, 6.45) is 5.33. The average Bonchev–Trinajstić information content (AvgIpc) is 2.30. The average molecular weight is 208 g/mol. The first-order valence-corrected chi connectivity index (χ1v) is 5.92. The second-order valence-corrected chi connectivity index (χ2v) is 4.60. The Kier molecular flexibility index (Phi) is 3.41. The lowest BCUT2D eigenvalue weighted by molar-refractivity contribution is -0.136. The van der Waals surface area contributed by atoms with Gasteiger partial charge in [0.05, 0.1) is 0 Å². The van der Waals surface area contributed by atoms with Gasteiger partial charge in [-0.15, -0.1) is 0 Å². The van der Waals surface area contributed by atoms with E-state index in [0.717, 1.165) is 45.4 Å². The third-order valence-corrected chi connectivity index (χ3v) is 3.42. The molecule has 1 fully saturated rings. The van der Waals surface area contributed by atoms with Crippen LogP contribution in [0, 0.1) is 5.92 Å². The minimum atomic E-state index is 0.256. The van der Waals surface area contributed by atoms with E-state index in [9.17, 15) is 4.79 Å². The predicted octanol–water partition coefficient (Wildman–Crippen LogP) is 1.16. The lowest BCUT2D eigenvalue weighted by Gasteiger charge is -2.31. The highest BCUT2D eigenvalue weighted by molar-refractivity contribution is 5.79. The van der Waals surface area contributed by atoms with Gasteiger partial charge in [-0.2, -0.15) is 0 Å². The molecule has 1 aliphatic heterocycles. The van der Waals surface area contributed by atoms with E-state index in [4.69, 9.17) is 0 Å². The topological polar surface area (TPSA) is 32.3 Å². The first-order chi connectivity index (χ1) is 7.27. The van der Waals surface area contributed by atoms with Crippen molar-refractivity contribution in [3.05, 3.63) is 11.6 Å². The third kappa shape index (κ3) is 2.59. The first kappa shape index (κ1) is 10.7. The fourth-order valence-corrected chi connectivity index (χ4v) is 2.33. The number of piperazine rings is 1. The standard InChI is InChI=1S/C12H20N2O/c1-10-2-4-11(5-3-10)12(15)14-8-6-13-7-9-14/h2,11,13H,3-9H2,1H3. The van der Waals surface area contributed by atoms with E-state index < -0.39 is 0 Å². The summed E-state index contributed by atoms with van der Waals surface area (Å²) >= 11 is 0. The van der Waals surface area contributed by atoms with Crippen LogP contribution in [-0.4, -0.2) is 37.0 Å². The van der Waals surface area contributed by atoms with E-state index in [-0.39, 0.29) is 5.92 Å². The van der Waals surface area contributed by atoms with Crippen molar-refractivity contribution >= 4 is 5.91 Å². The fourth-order valence-electron chi connectivity index (χ4n) is 2.33. The molecule has 0 saturated carbocycles. The van der Waals surface area contributed by atoms with E-state index in [2.05, 4.69) is 18.3 Å². The zero-order valence-electron chi connectivity index (χ0n) is 9.46. The highest BCUT2D eigenvalue weighted by Gasteiger charge is 2.25. The van der Waals surface area contributed by atoms with Gasteiger partial charge in [0.15, 0.2) is 0 Å². The van der Waals surface area contributed by atoms with E-state index >= 15 is 0 Å². The molecule has 0 bridgehead atoms. The van der Waals surface area contributed by atoms with Crippen molar-refractivity contribution in [3.8, 4) is 0 Å². The van der Waals surface area contributed by atoms with E-state index in [1.807, 2.05) is 4.90 Å². The second-order valence-electron chi connectivity index (χ2n) is 4.60. The Morgan fingerprint density at radius 3 is 2.80 bits per heavy atom. The van der Waals surface area contributed by atoms with Crippen LogP contribution in [0.3, 0.4) is 0 Å². The molecule has 3 nitrogen and oxygen atoms in total. The van der Waals surface area contributed by atoms with Crippen LogP contribution in [0.2, 0.25) is 0 Å². The molecule has 84 valence electrons. The number of amides is 1. The number of hydrogen-bond donors (Lipinski definition) is 1. The van der Waals surface area contributed by atoms with Crippen LogP contribution in [0.1, 0.15) is 26.2 Å². The van der Waals surface area contributed by atoms with Gasteiger partial charge in [0.25, 0.3) is 0 Å². The molecule has 1 aliphatic carbocycles. The summed E-state index contributed by atoms with van der Waals surface area (Å²) in [6.45, 7) is 5.84. The Balaban J connectivity index is 1.90. The van der Waals surface area contributed by atoms with Gasteiger partial charge in [-0.3, -0.25) is 4.79 Å². The van der Waals surface area contributed by atoms with E-state index in [1.165, 1.54) is 5.57 Å². The van der Waals surface area contributed by atoms with Crippen molar-refractivity contribution < 1.29 is 4.79 Å². The Labute approximate surface area is 91.5 Å². The van der Waals surface area contributed by atoms with E-state index in [0.29, 0.717) is 5.91 Å². The van der Waals surface area contributed by atoms with Gasteiger partial charge in [-0.05, 0) is 26.2 Å². The molecule has 1 atom stereocenters. The van der Waals surface area contributed by atoms with Crippen LogP contribution in [0.15, 0.2) is 11.6 Å². The van der Waals surface area contributed by atoms with Gasteiger partial charge in [0.1, 0.15) is 0 Å². The Hall–Kier alpha value is -0.830. The number of rotatable bonds is 1. The minimum Gasteiger partial charge on any atom is -0.340 e. The molecule has 1 unspecified atom stereocenters. The summed E-state index contributed by atoms with van der Waals surface area (Å²) in [6, 6.07) is 0. The molecular formula is C12H20N2O. The van der Waals surface area contributed by atoms with Crippen LogP contribution >= 0.6 is 0 Å². The van der Waals surface area contributed by atoms with Gasteiger partial charge >= 0.3 is 0 Å². The molecule has 2 aliphatic rings. The molecule has 1 amide bonds. The monoisotopic (exact) mass is 208 g/mol. The highest BCUT2D eigenvalue weighted by atomic mass is 16.2. The zero-order valence-corrected chi connectivity index (χ0v) is 9.46. The molecule has 15 heavy (non-hydrogen) atoms. The molecule has 1 heterocycles. The van der Waals surface area contributed by atoms with Gasteiger partial charge in [-0.25, -0.2) is 0 Å². The molecule has 0 aromatic carbocycles. The molecule has 0 aromatic heterocycles. The molecule has 1 saturated heterocycles. The maximum absolute atomic E-state index is 12.1. The predicted molar refractivity (Wildman–Crippen MR) is 60.5 cm³/mol. The van der Waals surface area contributed by atoms with Crippen molar-refractivity contribution in [2.45, 2.75) is 26.2 Å². The number of hydrogen-bond acceptors (Lipinski definition) is 2. The molecule has 2 rings (SSSR count). The SMILES string of the molecule is CC1=CCC(C(=O)N2CCNCC2)CC1. The number of carbonyl (C=O) groups excluding carboxylic acids is 1. The first-order valence-electron chi connectivity index (χ1n) is 5.92. The number of carbonyl (C=O) groups is 1. The number of nitrogens with one attached hydrogen (secondary N) is 1. The minimum absolute atomic E-state index is 0.256. The zero-order chi connectivity index (χ0) is 10.7. The molecule has 0 aromatic rings. The molecule has 3 heteroatoms. The highest BCUT2D eigenvalue weighted by Crippen LogP contribution is 2.24. The van der Waals surface area contributed by atoms with Crippen LogP contribution in [0.4, 0.5) is 0 Å². The van der Waals surface area contributed by atoms with Crippen LogP contribution < -0.4 is 5.32 Å². The van der Waals surface area contributed by atoms with Gasteiger partial charge < -0.3 is 10.2 Å². The van der Waals surface area contributed by atoms with Crippen molar-refractivity contribution in [2.24, 2.45) is 5.92 Å². The lowest BCUT2D eigenvalue weighted by atomic mass is 9.89. The second kappa shape index (κ2) is 4.79. The summed E-state index contributed by atoms with van der Waals surface area (Å²) in [5.74, 6) is 0.632. The normalized spacial score (nSPS) is 27.4. The molecule has 0 spiro atoms.